The first-order valence-electron chi connectivity index (χ1n) is 9.93. The van der Waals surface area contributed by atoms with Crippen molar-refractivity contribution in [2.45, 2.75) is 19.5 Å². The van der Waals surface area contributed by atoms with Gasteiger partial charge in [-0.1, -0.05) is 30.3 Å². The number of ether oxygens (including phenoxy) is 1. The van der Waals surface area contributed by atoms with Crippen LogP contribution in [0.3, 0.4) is 0 Å². The summed E-state index contributed by atoms with van der Waals surface area (Å²) in [6.07, 6.45) is 0.891. The third-order valence-corrected chi connectivity index (χ3v) is 5.50. The Morgan fingerprint density at radius 3 is 2.80 bits per heavy atom. The molecule has 1 aromatic heterocycles. The molecule has 0 aliphatic carbocycles. The molecule has 0 radical (unpaired) electrons. The molecule has 4 rings (SSSR count). The number of methoxy groups -OCH3 is 1. The number of fused-ring (bicyclic) bond motifs is 1. The third-order valence-electron chi connectivity index (χ3n) is 5.50. The Balaban J connectivity index is 1.57. The quantitative estimate of drug-likeness (QED) is 0.638. The number of benzene rings is 2. The molecule has 0 bridgehead atoms. The van der Waals surface area contributed by atoms with Gasteiger partial charge in [-0.3, -0.25) is 14.5 Å². The van der Waals surface area contributed by atoms with E-state index in [-0.39, 0.29) is 5.91 Å². The van der Waals surface area contributed by atoms with Crippen molar-refractivity contribution >= 4 is 5.91 Å². The number of imidazole rings is 1. The van der Waals surface area contributed by atoms with Gasteiger partial charge in [-0.25, -0.2) is 10.5 Å². The summed E-state index contributed by atoms with van der Waals surface area (Å²) in [5.41, 5.74) is 7.31. The maximum Gasteiger partial charge on any atom is 0.274 e. The van der Waals surface area contributed by atoms with E-state index in [1.807, 2.05) is 43.4 Å². The third kappa shape index (κ3) is 3.94. The van der Waals surface area contributed by atoms with Gasteiger partial charge < -0.3 is 9.30 Å². The summed E-state index contributed by atoms with van der Waals surface area (Å²) in [4.78, 5) is 24.1. The topological polar surface area (TPSA) is 68.6 Å². The minimum Gasteiger partial charge on any atom is -0.496 e. The number of hydroxylamine groups is 1. The molecule has 0 saturated heterocycles. The molecule has 7 nitrogen and oxygen atoms in total. The largest absolute Gasteiger partial charge is 0.496 e. The summed E-state index contributed by atoms with van der Waals surface area (Å²) in [5, 5.41) is 0. The Morgan fingerprint density at radius 2 is 2.00 bits per heavy atom. The van der Waals surface area contributed by atoms with E-state index in [1.165, 1.54) is 18.4 Å². The number of nitrogens with zero attached hydrogens (tertiary/aromatic N) is 3. The lowest BCUT2D eigenvalue weighted by Gasteiger charge is -2.27. The molecule has 0 atom stereocenters. The predicted molar refractivity (Wildman–Crippen MR) is 114 cm³/mol. The van der Waals surface area contributed by atoms with Crippen LogP contribution >= 0.6 is 0 Å². The zero-order chi connectivity index (χ0) is 21.1. The number of nitrogens with one attached hydrogen (secondary N) is 1. The Labute approximate surface area is 176 Å². The monoisotopic (exact) mass is 406 g/mol. The number of carbonyl (C=O) groups is 1. The Kier molecular flexibility index (Phi) is 5.83. The molecule has 1 aliphatic heterocycles. The molecule has 156 valence electrons. The van der Waals surface area contributed by atoms with Crippen LogP contribution in [0.5, 0.6) is 5.75 Å². The second-order valence-electron chi connectivity index (χ2n) is 7.38. The normalized spacial score (nSPS) is 13.7. The first-order valence-corrected chi connectivity index (χ1v) is 9.93. The van der Waals surface area contributed by atoms with Crippen LogP contribution in [0.25, 0.3) is 11.4 Å². The lowest BCUT2D eigenvalue weighted by Crippen LogP contribution is -2.31. The molecule has 1 amide bonds. The van der Waals surface area contributed by atoms with E-state index >= 15 is 0 Å². The van der Waals surface area contributed by atoms with Crippen molar-refractivity contribution in [1.29, 1.82) is 0 Å². The van der Waals surface area contributed by atoms with Crippen molar-refractivity contribution < 1.29 is 14.4 Å². The molecular formula is C23H26N4O3. The highest BCUT2D eigenvalue weighted by atomic mass is 16.6. The van der Waals surface area contributed by atoms with Gasteiger partial charge in [-0.05, 0) is 18.2 Å². The van der Waals surface area contributed by atoms with E-state index < -0.39 is 0 Å². The maximum absolute atomic E-state index is 12.1. The van der Waals surface area contributed by atoms with E-state index in [4.69, 9.17) is 14.6 Å². The average Bonchev–Trinajstić information content (AvgIpc) is 3.10. The zero-order valence-corrected chi connectivity index (χ0v) is 17.5. The number of aromatic nitrogens is 2. The molecule has 2 aromatic carbocycles. The second kappa shape index (κ2) is 8.69. The minimum absolute atomic E-state index is 0.277. The molecule has 1 aliphatic rings. The van der Waals surface area contributed by atoms with E-state index in [1.54, 1.807) is 13.2 Å². The molecule has 2 heterocycles. The predicted octanol–water partition coefficient (Wildman–Crippen LogP) is 2.95. The van der Waals surface area contributed by atoms with Crippen molar-refractivity contribution in [1.82, 2.24) is 19.9 Å². The van der Waals surface area contributed by atoms with Crippen molar-refractivity contribution in [2.24, 2.45) is 7.05 Å². The van der Waals surface area contributed by atoms with Gasteiger partial charge in [0.1, 0.15) is 11.6 Å². The average molecular weight is 406 g/mol. The van der Waals surface area contributed by atoms with Crippen molar-refractivity contribution in [3.63, 3.8) is 0 Å². The summed E-state index contributed by atoms with van der Waals surface area (Å²) in [6.45, 7) is 2.59. The molecule has 1 N–H and O–H groups in total. The molecule has 0 fully saturated rings. The van der Waals surface area contributed by atoms with Gasteiger partial charge in [-0.2, -0.15) is 0 Å². The van der Waals surface area contributed by atoms with Crippen LogP contribution in [-0.4, -0.2) is 41.1 Å². The fourth-order valence-electron chi connectivity index (χ4n) is 3.96. The van der Waals surface area contributed by atoms with E-state index in [0.717, 1.165) is 48.9 Å². The number of carbonyl (C=O) groups excluding carboxylic acids is 1. The zero-order valence-electron chi connectivity index (χ0n) is 17.5. The van der Waals surface area contributed by atoms with Gasteiger partial charge in [0.25, 0.3) is 5.91 Å². The Bertz CT molecular complexity index is 1060. The first kappa shape index (κ1) is 20.1. The van der Waals surface area contributed by atoms with Gasteiger partial charge in [0, 0.05) is 49.8 Å². The number of hydrogen-bond acceptors (Lipinski definition) is 5. The standard InChI is InChI=1S/C23H26N4O3/c1-26-20-15-27(14-18-7-4-5-10-21(18)29-2)12-11-19(20)24-22(26)16-8-6-9-17(13-16)23(28)25-30-3/h4-10,13H,11-12,14-15H2,1-3H3,(H,25,28). The van der Waals surface area contributed by atoms with Crippen molar-refractivity contribution in [2.75, 3.05) is 20.8 Å². The highest BCUT2D eigenvalue weighted by molar-refractivity contribution is 5.94. The highest BCUT2D eigenvalue weighted by Crippen LogP contribution is 2.28. The molecule has 0 spiro atoms. The lowest BCUT2D eigenvalue weighted by atomic mass is 10.1. The Morgan fingerprint density at radius 1 is 1.17 bits per heavy atom. The van der Waals surface area contributed by atoms with Crippen LogP contribution in [0.15, 0.2) is 48.5 Å². The Hall–Kier alpha value is -3.16. The van der Waals surface area contributed by atoms with Crippen LogP contribution in [0.1, 0.15) is 27.3 Å². The van der Waals surface area contributed by atoms with Gasteiger partial charge in [0.05, 0.1) is 25.6 Å². The van der Waals surface area contributed by atoms with Crippen LogP contribution < -0.4 is 10.2 Å². The van der Waals surface area contributed by atoms with Crippen molar-refractivity contribution in [3.05, 3.63) is 71.0 Å². The molecule has 3 aromatic rings. The summed E-state index contributed by atoms with van der Waals surface area (Å²) < 4.78 is 7.64. The van der Waals surface area contributed by atoms with Crippen LogP contribution in [0, 0.1) is 0 Å². The molecule has 7 heteroatoms. The van der Waals surface area contributed by atoms with Crippen LogP contribution in [0.2, 0.25) is 0 Å². The fourth-order valence-corrected chi connectivity index (χ4v) is 3.96. The summed E-state index contributed by atoms with van der Waals surface area (Å²) in [7, 11) is 5.17. The summed E-state index contributed by atoms with van der Waals surface area (Å²) >= 11 is 0. The molecule has 30 heavy (non-hydrogen) atoms. The van der Waals surface area contributed by atoms with E-state index in [0.29, 0.717) is 5.56 Å². The van der Waals surface area contributed by atoms with Gasteiger partial charge >= 0.3 is 0 Å². The van der Waals surface area contributed by atoms with E-state index in [9.17, 15) is 4.79 Å². The number of hydrogen-bond donors (Lipinski definition) is 1. The lowest BCUT2D eigenvalue weighted by molar-refractivity contribution is 0.0537. The highest BCUT2D eigenvalue weighted by Gasteiger charge is 2.24. The summed E-state index contributed by atoms with van der Waals surface area (Å²) in [6, 6.07) is 15.6. The molecule has 0 saturated carbocycles. The summed E-state index contributed by atoms with van der Waals surface area (Å²) in [5.74, 6) is 1.51. The number of rotatable bonds is 6. The number of para-hydroxylation sites is 1. The first-order chi connectivity index (χ1) is 14.6. The van der Waals surface area contributed by atoms with Gasteiger partial charge in [0.2, 0.25) is 0 Å². The molecule has 0 unspecified atom stereocenters. The smallest absolute Gasteiger partial charge is 0.274 e. The fraction of sp³-hybridized carbons (Fsp3) is 0.304. The maximum atomic E-state index is 12.1. The molecular weight excluding hydrogens is 380 g/mol. The van der Waals surface area contributed by atoms with Gasteiger partial charge in [-0.15, -0.1) is 0 Å². The SMILES string of the molecule is CONC(=O)c1cccc(-c2nc3c(n2C)CN(Cc2ccccc2OC)CC3)c1. The van der Waals surface area contributed by atoms with Crippen LogP contribution in [-0.2, 0) is 31.4 Å². The minimum atomic E-state index is -0.277. The second-order valence-corrected chi connectivity index (χ2v) is 7.38. The van der Waals surface area contributed by atoms with Crippen LogP contribution in [0.4, 0.5) is 0 Å². The van der Waals surface area contributed by atoms with Gasteiger partial charge in [0.15, 0.2) is 0 Å². The van der Waals surface area contributed by atoms with Crippen molar-refractivity contribution in [3.8, 4) is 17.1 Å². The van der Waals surface area contributed by atoms with E-state index in [2.05, 4.69) is 21.0 Å². The number of amides is 1.